The lowest BCUT2D eigenvalue weighted by molar-refractivity contribution is -0.907. The molecule has 4 heteroatoms. The van der Waals surface area contributed by atoms with Gasteiger partial charge in [-0.15, -0.1) is 0 Å². The molecule has 1 aliphatic heterocycles. The maximum Gasteiger partial charge on any atom is 0.277 e. The maximum atomic E-state index is 12.4. The van der Waals surface area contributed by atoms with Gasteiger partial charge in [-0.05, 0) is 19.4 Å². The highest BCUT2D eigenvalue weighted by molar-refractivity contribution is 5.77. The monoisotopic (exact) mass is 317 g/mol. The molecule has 1 aromatic rings. The van der Waals surface area contributed by atoms with Crippen LogP contribution in [-0.4, -0.2) is 61.3 Å². The van der Waals surface area contributed by atoms with E-state index in [2.05, 4.69) is 7.05 Å². The average molecular weight is 317 g/mol. The van der Waals surface area contributed by atoms with Crippen LogP contribution in [0.3, 0.4) is 0 Å². The largest absolute Gasteiger partial charge is 0.338 e. The lowest BCUT2D eigenvalue weighted by atomic mass is 9.73. The van der Waals surface area contributed by atoms with Crippen molar-refractivity contribution in [2.75, 3.05) is 39.8 Å². The third kappa shape index (κ3) is 3.81. The van der Waals surface area contributed by atoms with E-state index in [1.807, 2.05) is 49.1 Å². The molecular weight excluding hydrogens is 288 g/mol. The molecule has 2 rings (SSSR count). The number of amides is 1. The number of nitrogens with zero attached hydrogens (tertiary/aromatic N) is 2. The number of rotatable bonds is 6. The molecular formula is C19H29N2O2+. The van der Waals surface area contributed by atoms with Crippen LogP contribution in [0.1, 0.15) is 32.3 Å². The molecule has 0 aromatic heterocycles. The third-order valence-electron chi connectivity index (χ3n) is 5.40. The fourth-order valence-electron chi connectivity index (χ4n) is 3.58. The Labute approximate surface area is 139 Å². The molecule has 23 heavy (non-hydrogen) atoms. The number of carbonyl (C=O) groups is 2. The number of quaternary nitrogens is 1. The van der Waals surface area contributed by atoms with Gasteiger partial charge in [-0.2, -0.15) is 0 Å². The minimum absolute atomic E-state index is 0.218. The number of likely N-dealkylation sites (N-methyl/N-ethyl adjacent to an activating group) is 2. The highest BCUT2D eigenvalue weighted by Crippen LogP contribution is 2.35. The minimum Gasteiger partial charge on any atom is -0.338 e. The molecule has 0 atom stereocenters. The molecule has 1 aromatic carbocycles. The van der Waals surface area contributed by atoms with Crippen LogP contribution in [0, 0.1) is 0 Å². The fraction of sp³-hybridized carbons (Fsp3) is 0.579. The van der Waals surface area contributed by atoms with E-state index in [4.69, 9.17) is 0 Å². The fourth-order valence-corrected chi connectivity index (χ4v) is 3.58. The Morgan fingerprint density at radius 1 is 1.17 bits per heavy atom. The topological polar surface area (TPSA) is 37.4 Å². The summed E-state index contributed by atoms with van der Waals surface area (Å²) in [6, 6.07) is 10.1. The van der Waals surface area contributed by atoms with Crippen LogP contribution in [0.25, 0.3) is 0 Å². The number of hydrogen-bond acceptors (Lipinski definition) is 2. The third-order valence-corrected chi connectivity index (χ3v) is 5.40. The second kappa shape index (κ2) is 7.26. The van der Waals surface area contributed by atoms with E-state index in [0.717, 1.165) is 55.4 Å². The highest BCUT2D eigenvalue weighted by Gasteiger charge is 2.42. The van der Waals surface area contributed by atoms with Gasteiger partial charge < -0.3 is 14.2 Å². The SMILES string of the molecule is CCN(CC)C(=O)C[N+]1(C)CCC(C=O)(c2ccccc2)CC1. The first-order chi connectivity index (χ1) is 11.0. The van der Waals surface area contributed by atoms with Crippen molar-refractivity contribution in [1.82, 2.24) is 4.90 Å². The van der Waals surface area contributed by atoms with Crippen molar-refractivity contribution in [3.05, 3.63) is 35.9 Å². The zero-order chi connectivity index (χ0) is 16.9. The molecule has 1 aliphatic rings. The Balaban J connectivity index is 2.07. The summed E-state index contributed by atoms with van der Waals surface area (Å²) in [5.74, 6) is 0.218. The molecule has 4 nitrogen and oxygen atoms in total. The van der Waals surface area contributed by atoms with E-state index in [1.165, 1.54) is 0 Å². The van der Waals surface area contributed by atoms with Crippen LogP contribution in [0.4, 0.5) is 0 Å². The maximum absolute atomic E-state index is 12.4. The van der Waals surface area contributed by atoms with Crippen molar-refractivity contribution in [1.29, 1.82) is 0 Å². The smallest absolute Gasteiger partial charge is 0.277 e. The minimum atomic E-state index is -0.378. The molecule has 1 heterocycles. The molecule has 0 spiro atoms. The van der Waals surface area contributed by atoms with Gasteiger partial charge in [-0.25, -0.2) is 0 Å². The Kier molecular flexibility index (Phi) is 5.58. The van der Waals surface area contributed by atoms with Crippen molar-refractivity contribution in [3.8, 4) is 0 Å². The van der Waals surface area contributed by atoms with Crippen molar-refractivity contribution in [2.45, 2.75) is 32.1 Å². The first kappa shape index (κ1) is 17.7. The first-order valence-electron chi connectivity index (χ1n) is 8.62. The summed E-state index contributed by atoms with van der Waals surface area (Å²) in [6.45, 7) is 7.82. The lowest BCUT2D eigenvalue weighted by Crippen LogP contribution is -2.58. The van der Waals surface area contributed by atoms with Crippen LogP contribution < -0.4 is 0 Å². The number of hydrogen-bond donors (Lipinski definition) is 0. The molecule has 0 bridgehead atoms. The van der Waals surface area contributed by atoms with E-state index >= 15 is 0 Å². The summed E-state index contributed by atoms with van der Waals surface area (Å²) in [7, 11) is 2.14. The van der Waals surface area contributed by atoms with Crippen LogP contribution in [0.5, 0.6) is 0 Å². The van der Waals surface area contributed by atoms with Gasteiger partial charge in [-0.3, -0.25) is 4.79 Å². The van der Waals surface area contributed by atoms with Gasteiger partial charge in [0.2, 0.25) is 0 Å². The van der Waals surface area contributed by atoms with E-state index < -0.39 is 0 Å². The standard InChI is InChI=1S/C19H29N2O2/c1-4-20(5-2)18(23)15-21(3)13-11-19(16-22,12-14-21)17-9-7-6-8-10-17/h6-10,16H,4-5,11-15H2,1-3H3/q+1. The summed E-state index contributed by atoms with van der Waals surface area (Å²) in [4.78, 5) is 26.1. The van der Waals surface area contributed by atoms with Crippen LogP contribution in [0.15, 0.2) is 30.3 Å². The van der Waals surface area contributed by atoms with Crippen LogP contribution in [-0.2, 0) is 15.0 Å². The summed E-state index contributed by atoms with van der Waals surface area (Å²) in [5, 5.41) is 0. The second-order valence-electron chi connectivity index (χ2n) is 6.93. The second-order valence-corrected chi connectivity index (χ2v) is 6.93. The molecule has 0 saturated carbocycles. The number of aldehydes is 1. The molecule has 0 N–H and O–H groups in total. The molecule has 1 saturated heterocycles. The molecule has 126 valence electrons. The Bertz CT molecular complexity index is 530. The van der Waals surface area contributed by atoms with Gasteiger partial charge >= 0.3 is 0 Å². The highest BCUT2D eigenvalue weighted by atomic mass is 16.2. The van der Waals surface area contributed by atoms with Gasteiger partial charge in [0.1, 0.15) is 6.29 Å². The Hall–Kier alpha value is -1.68. The Morgan fingerprint density at radius 3 is 2.22 bits per heavy atom. The first-order valence-corrected chi connectivity index (χ1v) is 8.62. The van der Waals surface area contributed by atoms with Gasteiger partial charge in [0, 0.05) is 25.9 Å². The van der Waals surface area contributed by atoms with Crippen molar-refractivity contribution < 1.29 is 14.1 Å². The Morgan fingerprint density at radius 2 is 1.74 bits per heavy atom. The summed E-state index contributed by atoms with van der Waals surface area (Å²) in [5.41, 5.74) is 0.730. The van der Waals surface area contributed by atoms with Gasteiger partial charge in [-0.1, -0.05) is 30.3 Å². The van der Waals surface area contributed by atoms with Gasteiger partial charge in [0.05, 0.1) is 25.6 Å². The molecule has 1 fully saturated rings. The van der Waals surface area contributed by atoms with Crippen molar-refractivity contribution >= 4 is 12.2 Å². The molecule has 0 unspecified atom stereocenters. The summed E-state index contributed by atoms with van der Waals surface area (Å²) < 4.78 is 0.734. The quantitative estimate of drug-likeness (QED) is 0.596. The molecule has 1 amide bonds. The normalized spacial score (nSPS) is 27.4. The van der Waals surface area contributed by atoms with Crippen LogP contribution in [0.2, 0.25) is 0 Å². The van der Waals surface area contributed by atoms with E-state index in [1.54, 1.807) is 0 Å². The number of piperidine rings is 1. The zero-order valence-corrected chi connectivity index (χ0v) is 14.6. The predicted molar refractivity (Wildman–Crippen MR) is 92.1 cm³/mol. The molecule has 0 aliphatic carbocycles. The molecule has 0 radical (unpaired) electrons. The zero-order valence-electron chi connectivity index (χ0n) is 14.6. The number of likely N-dealkylation sites (tertiary alicyclic amines) is 1. The van der Waals surface area contributed by atoms with E-state index in [0.29, 0.717) is 6.54 Å². The summed E-state index contributed by atoms with van der Waals surface area (Å²) in [6.07, 6.45) is 2.74. The summed E-state index contributed by atoms with van der Waals surface area (Å²) >= 11 is 0. The van der Waals surface area contributed by atoms with E-state index in [9.17, 15) is 9.59 Å². The number of carbonyl (C=O) groups excluding carboxylic acids is 2. The van der Waals surface area contributed by atoms with Crippen LogP contribution >= 0.6 is 0 Å². The van der Waals surface area contributed by atoms with Crippen molar-refractivity contribution in [2.24, 2.45) is 0 Å². The lowest BCUT2D eigenvalue weighted by Gasteiger charge is -2.44. The average Bonchev–Trinajstić information content (AvgIpc) is 2.58. The number of benzene rings is 1. The van der Waals surface area contributed by atoms with Crippen molar-refractivity contribution in [3.63, 3.8) is 0 Å². The van der Waals surface area contributed by atoms with Gasteiger partial charge in [0.15, 0.2) is 6.54 Å². The van der Waals surface area contributed by atoms with Gasteiger partial charge in [0.25, 0.3) is 5.91 Å². The van der Waals surface area contributed by atoms with E-state index in [-0.39, 0.29) is 11.3 Å². The predicted octanol–water partition coefficient (Wildman–Crippen LogP) is 2.23.